The molecule has 4 fully saturated rings. The van der Waals surface area contributed by atoms with E-state index in [9.17, 15) is 0 Å². The lowest BCUT2D eigenvalue weighted by atomic mass is 9.53. The molecule has 4 saturated carbocycles. The van der Waals surface area contributed by atoms with Gasteiger partial charge in [-0.2, -0.15) is 0 Å². The van der Waals surface area contributed by atoms with Crippen LogP contribution in [0.25, 0.3) is 0 Å². The molecule has 0 atom stereocenters. The fourth-order valence-corrected chi connectivity index (χ4v) is 4.58. The maximum absolute atomic E-state index is 3.72. The smallest absolute Gasteiger partial charge is 0.0331 e. The lowest BCUT2D eigenvalue weighted by Gasteiger charge is -2.57. The van der Waals surface area contributed by atoms with E-state index in [4.69, 9.17) is 0 Å². The van der Waals surface area contributed by atoms with Gasteiger partial charge < -0.3 is 0 Å². The monoisotopic (exact) mass is 222 g/mol. The van der Waals surface area contributed by atoms with Crippen molar-refractivity contribution in [3.8, 4) is 0 Å². The third kappa shape index (κ3) is 2.02. The van der Waals surface area contributed by atoms with Crippen LogP contribution in [0.1, 0.15) is 59.3 Å². The Morgan fingerprint density at radius 3 is 1.69 bits per heavy atom. The Kier molecular flexibility index (Phi) is 2.38. The molecule has 4 aliphatic rings. The second-order valence-corrected chi connectivity index (χ2v) is 7.70. The maximum Gasteiger partial charge on any atom is 0.0331 e. The molecular weight excluding hydrogens is 196 g/mol. The molecule has 0 heterocycles. The van der Waals surface area contributed by atoms with Crippen LogP contribution in [-0.2, 0) is 0 Å². The van der Waals surface area contributed by atoms with Crippen LogP contribution in [0.3, 0.4) is 0 Å². The molecule has 92 valence electrons. The fourth-order valence-electron chi connectivity index (χ4n) is 4.58. The standard InChI is InChI=1S/C14H26N2/c1-13(2,3)15-16-14-7-10-4-11(8-14)6-12(5-10)9-14/h10-12,15-16H,4-9H2,1-3H3. The molecular formula is C14H26N2. The molecule has 0 amide bonds. The first kappa shape index (κ1) is 11.0. The van der Waals surface area contributed by atoms with Crippen molar-refractivity contribution in [1.29, 1.82) is 0 Å². The minimum absolute atomic E-state index is 0.184. The van der Waals surface area contributed by atoms with Gasteiger partial charge >= 0.3 is 0 Å². The first-order valence-electron chi connectivity index (χ1n) is 6.98. The topological polar surface area (TPSA) is 24.1 Å². The zero-order valence-corrected chi connectivity index (χ0v) is 11.0. The van der Waals surface area contributed by atoms with Crippen LogP contribution in [0.2, 0.25) is 0 Å². The molecule has 0 aromatic rings. The second-order valence-electron chi connectivity index (χ2n) is 7.70. The Morgan fingerprint density at radius 1 is 0.875 bits per heavy atom. The molecule has 0 aliphatic heterocycles. The van der Waals surface area contributed by atoms with Crippen LogP contribution in [0.4, 0.5) is 0 Å². The van der Waals surface area contributed by atoms with Crippen molar-refractivity contribution in [2.24, 2.45) is 17.8 Å². The molecule has 4 aliphatic carbocycles. The van der Waals surface area contributed by atoms with Gasteiger partial charge in [-0.25, -0.2) is 0 Å². The Bertz CT molecular complexity index is 242. The summed E-state index contributed by atoms with van der Waals surface area (Å²) in [6.07, 6.45) is 8.83. The molecule has 2 N–H and O–H groups in total. The third-order valence-electron chi connectivity index (χ3n) is 4.74. The van der Waals surface area contributed by atoms with Crippen molar-refractivity contribution in [1.82, 2.24) is 10.9 Å². The molecule has 0 unspecified atom stereocenters. The van der Waals surface area contributed by atoms with Gasteiger partial charge in [0, 0.05) is 11.1 Å². The molecule has 2 heteroatoms. The zero-order valence-electron chi connectivity index (χ0n) is 11.0. The van der Waals surface area contributed by atoms with Crippen LogP contribution in [0, 0.1) is 17.8 Å². The summed E-state index contributed by atoms with van der Waals surface area (Å²) in [4.78, 5) is 0. The third-order valence-corrected chi connectivity index (χ3v) is 4.74. The molecule has 0 aromatic heterocycles. The Balaban J connectivity index is 1.69. The first-order valence-corrected chi connectivity index (χ1v) is 6.98. The number of hydrazine groups is 1. The van der Waals surface area contributed by atoms with Crippen LogP contribution in [0.5, 0.6) is 0 Å². The molecule has 4 bridgehead atoms. The van der Waals surface area contributed by atoms with Gasteiger partial charge in [-0.05, 0) is 77.0 Å². The highest BCUT2D eigenvalue weighted by Gasteiger charge is 2.50. The quantitative estimate of drug-likeness (QED) is 0.702. The van der Waals surface area contributed by atoms with Crippen LogP contribution < -0.4 is 10.9 Å². The van der Waals surface area contributed by atoms with Gasteiger partial charge in [0.25, 0.3) is 0 Å². The Hall–Kier alpha value is -0.0800. The van der Waals surface area contributed by atoms with E-state index in [0.717, 1.165) is 17.8 Å². The van der Waals surface area contributed by atoms with Crippen LogP contribution >= 0.6 is 0 Å². The van der Waals surface area contributed by atoms with E-state index in [1.165, 1.54) is 38.5 Å². The molecule has 16 heavy (non-hydrogen) atoms. The number of nitrogens with one attached hydrogen (secondary N) is 2. The average Bonchev–Trinajstić information content (AvgIpc) is 2.11. The Labute approximate surface area is 99.5 Å². The highest BCUT2D eigenvalue weighted by atomic mass is 15.4. The van der Waals surface area contributed by atoms with Gasteiger partial charge in [-0.1, -0.05) is 0 Å². The lowest BCUT2D eigenvalue weighted by molar-refractivity contribution is -0.0313. The first-order chi connectivity index (χ1) is 7.44. The average molecular weight is 222 g/mol. The summed E-state index contributed by atoms with van der Waals surface area (Å²) >= 11 is 0. The molecule has 2 nitrogen and oxygen atoms in total. The van der Waals surface area contributed by atoms with Crippen molar-refractivity contribution >= 4 is 0 Å². The summed E-state index contributed by atoms with van der Waals surface area (Å²) in [6.45, 7) is 6.71. The van der Waals surface area contributed by atoms with Crippen molar-refractivity contribution < 1.29 is 0 Å². The van der Waals surface area contributed by atoms with Crippen molar-refractivity contribution in [3.63, 3.8) is 0 Å². The van der Waals surface area contributed by atoms with E-state index in [1.807, 2.05) is 0 Å². The van der Waals surface area contributed by atoms with Crippen LogP contribution in [-0.4, -0.2) is 11.1 Å². The minimum Gasteiger partial charge on any atom is -0.252 e. The van der Waals surface area contributed by atoms with E-state index in [1.54, 1.807) is 0 Å². The SMILES string of the molecule is CC(C)(C)NNC12CC3CC(CC(C3)C1)C2. The number of hydrogen-bond acceptors (Lipinski definition) is 2. The summed E-state index contributed by atoms with van der Waals surface area (Å²) < 4.78 is 0. The Morgan fingerprint density at radius 2 is 1.31 bits per heavy atom. The second kappa shape index (κ2) is 3.46. The van der Waals surface area contributed by atoms with Gasteiger partial charge in [0.05, 0.1) is 0 Å². The maximum atomic E-state index is 3.72. The highest BCUT2D eigenvalue weighted by Crippen LogP contribution is 2.55. The van der Waals surface area contributed by atoms with Crippen molar-refractivity contribution in [3.05, 3.63) is 0 Å². The van der Waals surface area contributed by atoms with E-state index in [0.29, 0.717) is 5.54 Å². The summed E-state index contributed by atoms with van der Waals surface area (Å²) in [6, 6.07) is 0. The van der Waals surface area contributed by atoms with E-state index >= 15 is 0 Å². The summed E-state index contributed by atoms with van der Waals surface area (Å²) in [7, 11) is 0. The summed E-state index contributed by atoms with van der Waals surface area (Å²) in [5.74, 6) is 3.08. The van der Waals surface area contributed by atoms with E-state index < -0.39 is 0 Å². The molecule has 4 rings (SSSR count). The predicted octanol–water partition coefficient (Wildman–Crippen LogP) is 2.85. The summed E-state index contributed by atoms with van der Waals surface area (Å²) in [5.41, 5.74) is 7.88. The minimum atomic E-state index is 0.184. The molecule has 0 spiro atoms. The predicted molar refractivity (Wildman–Crippen MR) is 66.9 cm³/mol. The fraction of sp³-hybridized carbons (Fsp3) is 1.00. The highest BCUT2D eigenvalue weighted by molar-refractivity contribution is 5.06. The summed E-state index contributed by atoms with van der Waals surface area (Å²) in [5, 5.41) is 0. The molecule has 0 aromatic carbocycles. The molecule has 0 radical (unpaired) electrons. The van der Waals surface area contributed by atoms with Crippen molar-refractivity contribution in [2.75, 3.05) is 0 Å². The van der Waals surface area contributed by atoms with Crippen molar-refractivity contribution in [2.45, 2.75) is 70.4 Å². The van der Waals surface area contributed by atoms with E-state index in [-0.39, 0.29) is 5.54 Å². The number of rotatable bonds is 2. The van der Waals surface area contributed by atoms with Crippen LogP contribution in [0.15, 0.2) is 0 Å². The van der Waals surface area contributed by atoms with Gasteiger partial charge in [0.1, 0.15) is 0 Å². The lowest BCUT2D eigenvalue weighted by Crippen LogP contribution is -2.64. The van der Waals surface area contributed by atoms with Gasteiger partial charge in [-0.3, -0.25) is 10.9 Å². The normalized spacial score (nSPS) is 46.3. The van der Waals surface area contributed by atoms with Gasteiger partial charge in [0.15, 0.2) is 0 Å². The zero-order chi connectivity index (χ0) is 11.4. The largest absolute Gasteiger partial charge is 0.252 e. The van der Waals surface area contributed by atoms with E-state index in [2.05, 4.69) is 31.6 Å². The molecule has 0 saturated heterocycles. The number of hydrogen-bond donors (Lipinski definition) is 2. The van der Waals surface area contributed by atoms with Gasteiger partial charge in [0.2, 0.25) is 0 Å². The van der Waals surface area contributed by atoms with Gasteiger partial charge in [-0.15, -0.1) is 0 Å².